The summed E-state index contributed by atoms with van der Waals surface area (Å²) in [6.45, 7) is 1.50. The van der Waals surface area contributed by atoms with Crippen LogP contribution in [0.5, 0.6) is 11.5 Å². The summed E-state index contributed by atoms with van der Waals surface area (Å²) >= 11 is 6.08. The van der Waals surface area contributed by atoms with E-state index in [1.165, 1.54) is 7.11 Å². The zero-order valence-corrected chi connectivity index (χ0v) is 23.9. The van der Waals surface area contributed by atoms with E-state index < -0.39 is 12.2 Å². The molecule has 2 aliphatic heterocycles. The van der Waals surface area contributed by atoms with E-state index in [4.69, 9.17) is 25.8 Å². The summed E-state index contributed by atoms with van der Waals surface area (Å²) in [4.78, 5) is 31.1. The molecule has 0 bridgehead atoms. The minimum atomic E-state index is -1.05. The molecule has 0 radical (unpaired) electrons. The number of aliphatic hydroxyl groups excluding tert-OH is 1. The summed E-state index contributed by atoms with van der Waals surface area (Å²) in [5.41, 5.74) is 2.57. The molecule has 0 aliphatic carbocycles. The summed E-state index contributed by atoms with van der Waals surface area (Å²) in [6.07, 6.45) is 2.05. The number of benzene rings is 3. The van der Waals surface area contributed by atoms with E-state index in [2.05, 4.69) is 10.3 Å². The van der Waals surface area contributed by atoms with E-state index in [1.807, 2.05) is 24.3 Å². The Balaban J connectivity index is 1.32. The van der Waals surface area contributed by atoms with Gasteiger partial charge in [-0.2, -0.15) is 0 Å². The molecule has 218 valence electrons. The number of nitrogens with zero attached hydrogens (tertiary/aromatic N) is 2. The fourth-order valence-corrected chi connectivity index (χ4v) is 4.96. The lowest BCUT2D eigenvalue weighted by Crippen LogP contribution is -2.46. The van der Waals surface area contributed by atoms with Crippen molar-refractivity contribution in [3.8, 4) is 11.5 Å². The normalized spacial score (nSPS) is 17.2. The van der Waals surface area contributed by atoms with Gasteiger partial charge in [0.25, 0.3) is 0 Å². The molecule has 0 aromatic heterocycles. The molecule has 2 aliphatic rings. The Labute approximate surface area is 249 Å². The van der Waals surface area contributed by atoms with E-state index in [0.717, 1.165) is 5.56 Å². The summed E-state index contributed by atoms with van der Waals surface area (Å²) < 4.78 is 16.1. The van der Waals surface area contributed by atoms with Crippen molar-refractivity contribution in [2.75, 3.05) is 25.6 Å². The number of hydrogen-bond acceptors (Lipinski definition) is 9. The number of methoxy groups -OCH3 is 1. The molecule has 0 amide bonds. The van der Waals surface area contributed by atoms with E-state index in [-0.39, 0.29) is 18.1 Å². The second kappa shape index (κ2) is 13.7. The van der Waals surface area contributed by atoms with Crippen molar-refractivity contribution in [3.05, 3.63) is 101 Å². The van der Waals surface area contributed by atoms with Crippen molar-refractivity contribution >= 4 is 35.0 Å². The molecule has 1 atom stereocenters. The van der Waals surface area contributed by atoms with Gasteiger partial charge >= 0.3 is 5.97 Å². The third-order valence-electron chi connectivity index (χ3n) is 7.17. The first-order chi connectivity index (χ1) is 20.4. The number of ether oxygens (including phenoxy) is 3. The van der Waals surface area contributed by atoms with Crippen LogP contribution in [0.3, 0.4) is 0 Å². The Kier molecular flexibility index (Phi) is 9.53. The van der Waals surface area contributed by atoms with Crippen molar-refractivity contribution in [2.45, 2.75) is 32.0 Å². The number of Topliss-reactive ketones (excluding diaryl/α,β-unsaturated/α-hetero) is 1. The molecule has 1 fully saturated rings. The van der Waals surface area contributed by atoms with Crippen LogP contribution in [0.15, 0.2) is 89.6 Å². The first kappa shape index (κ1) is 29.3. The van der Waals surface area contributed by atoms with Gasteiger partial charge in [-0.1, -0.05) is 29.8 Å². The van der Waals surface area contributed by atoms with E-state index in [0.29, 0.717) is 71.9 Å². The summed E-state index contributed by atoms with van der Waals surface area (Å²) in [6, 6.07) is 21.3. The highest BCUT2D eigenvalue weighted by atomic mass is 35.5. The lowest BCUT2D eigenvalue weighted by Gasteiger charge is -2.35. The van der Waals surface area contributed by atoms with Gasteiger partial charge in [-0.15, -0.1) is 0 Å². The lowest BCUT2D eigenvalue weighted by atomic mass is 9.91. The Morgan fingerprint density at radius 2 is 1.79 bits per heavy atom. The SMILES string of the molecule is COC(=O)c1cccc(Oc2ccc(NC3=NC=C(CC(=O)C4CCOCC4)C(O)N3Cc3ccc(Cl)cc3)cc2)c1. The number of halogens is 1. The minimum absolute atomic E-state index is 0.0660. The third kappa shape index (κ3) is 7.36. The van der Waals surface area contributed by atoms with Crippen molar-refractivity contribution in [3.63, 3.8) is 0 Å². The van der Waals surface area contributed by atoms with Crippen LogP contribution in [-0.4, -0.2) is 54.3 Å². The molecule has 3 aromatic carbocycles. The Hall–Kier alpha value is -4.18. The minimum Gasteiger partial charge on any atom is -0.465 e. The maximum atomic E-state index is 13.0. The largest absolute Gasteiger partial charge is 0.465 e. The van der Waals surface area contributed by atoms with Crippen LogP contribution in [0.25, 0.3) is 0 Å². The van der Waals surface area contributed by atoms with Gasteiger partial charge in [0.2, 0.25) is 5.96 Å². The van der Waals surface area contributed by atoms with E-state index in [9.17, 15) is 14.7 Å². The molecule has 5 rings (SSSR count). The Bertz CT molecular complexity index is 1470. The summed E-state index contributed by atoms with van der Waals surface area (Å²) in [5, 5.41) is 15.3. The molecular weight excluding hydrogens is 558 g/mol. The van der Waals surface area contributed by atoms with Crippen LogP contribution < -0.4 is 10.1 Å². The number of aliphatic imine (C=N–C) groups is 1. The smallest absolute Gasteiger partial charge is 0.337 e. The van der Waals surface area contributed by atoms with Crippen molar-refractivity contribution in [1.82, 2.24) is 4.90 Å². The summed E-state index contributed by atoms with van der Waals surface area (Å²) in [7, 11) is 1.33. The van der Waals surface area contributed by atoms with Crippen LogP contribution >= 0.6 is 11.6 Å². The number of rotatable bonds is 9. The monoisotopic (exact) mass is 589 g/mol. The number of anilines is 1. The third-order valence-corrected chi connectivity index (χ3v) is 7.43. The molecule has 0 saturated carbocycles. The van der Waals surface area contributed by atoms with Gasteiger partial charge in [-0.05, 0) is 73.0 Å². The number of carbonyl (C=O) groups excluding carboxylic acids is 2. The highest BCUT2D eigenvalue weighted by Gasteiger charge is 2.31. The Morgan fingerprint density at radius 3 is 2.50 bits per heavy atom. The number of nitrogens with one attached hydrogen (secondary N) is 1. The average molecular weight is 590 g/mol. The molecule has 2 heterocycles. The van der Waals surface area contributed by atoms with Gasteiger partial charge in [0.1, 0.15) is 17.3 Å². The van der Waals surface area contributed by atoms with Gasteiger partial charge in [-0.3, -0.25) is 4.79 Å². The zero-order chi connectivity index (χ0) is 29.5. The van der Waals surface area contributed by atoms with Crippen molar-refractivity contribution < 1.29 is 28.9 Å². The maximum absolute atomic E-state index is 13.0. The molecule has 10 heteroatoms. The maximum Gasteiger partial charge on any atom is 0.337 e. The van der Waals surface area contributed by atoms with Gasteiger partial charge in [0, 0.05) is 54.6 Å². The first-order valence-electron chi connectivity index (χ1n) is 13.7. The van der Waals surface area contributed by atoms with Crippen molar-refractivity contribution in [1.29, 1.82) is 0 Å². The van der Waals surface area contributed by atoms with E-state index >= 15 is 0 Å². The quantitative estimate of drug-likeness (QED) is 0.302. The average Bonchev–Trinajstić information content (AvgIpc) is 3.02. The number of guanidine groups is 1. The predicted molar refractivity (Wildman–Crippen MR) is 160 cm³/mol. The number of ketones is 1. The predicted octanol–water partition coefficient (Wildman–Crippen LogP) is 5.79. The van der Waals surface area contributed by atoms with Crippen LogP contribution in [0.4, 0.5) is 5.69 Å². The molecule has 1 saturated heterocycles. The van der Waals surface area contributed by atoms with Crippen LogP contribution in [0, 0.1) is 5.92 Å². The van der Waals surface area contributed by atoms with Crippen LogP contribution in [0.2, 0.25) is 5.02 Å². The Morgan fingerprint density at radius 1 is 1.05 bits per heavy atom. The fourth-order valence-electron chi connectivity index (χ4n) is 4.83. The highest BCUT2D eigenvalue weighted by molar-refractivity contribution is 6.30. The molecule has 42 heavy (non-hydrogen) atoms. The topological polar surface area (TPSA) is 110 Å². The van der Waals surface area contributed by atoms with Gasteiger partial charge < -0.3 is 29.5 Å². The lowest BCUT2D eigenvalue weighted by molar-refractivity contribution is -0.125. The van der Waals surface area contributed by atoms with Gasteiger partial charge in [0.05, 0.1) is 12.7 Å². The fraction of sp³-hybridized carbons (Fsp3) is 0.281. The molecular formula is C32H32ClN3O6. The van der Waals surface area contributed by atoms with Gasteiger partial charge in [0.15, 0.2) is 6.23 Å². The number of carbonyl (C=O) groups is 2. The number of aliphatic hydroxyl groups is 1. The highest BCUT2D eigenvalue weighted by Crippen LogP contribution is 2.28. The molecule has 0 spiro atoms. The van der Waals surface area contributed by atoms with Gasteiger partial charge in [-0.25, -0.2) is 9.79 Å². The van der Waals surface area contributed by atoms with Crippen LogP contribution in [0.1, 0.15) is 35.2 Å². The standard InChI is InChI=1S/C32H32ClN3O6/c1-40-31(39)23-3-2-4-28(17-23)42-27-11-9-26(10-12-27)35-32-34-19-24(18-29(37)22-13-15-41-16-14-22)30(38)36(32)20-21-5-7-25(33)8-6-21/h2-12,17,19,22,30,38H,13-16,18,20H2,1H3,(H,34,35). The van der Waals surface area contributed by atoms with Crippen molar-refractivity contribution in [2.24, 2.45) is 10.9 Å². The second-order valence-corrected chi connectivity index (χ2v) is 10.5. The number of esters is 1. The molecule has 2 N–H and O–H groups in total. The molecule has 9 nitrogen and oxygen atoms in total. The van der Waals surface area contributed by atoms with Crippen LogP contribution in [-0.2, 0) is 20.8 Å². The zero-order valence-electron chi connectivity index (χ0n) is 23.2. The molecule has 1 unspecified atom stereocenters. The van der Waals surface area contributed by atoms with E-state index in [1.54, 1.807) is 59.6 Å². The second-order valence-electron chi connectivity index (χ2n) is 10.1. The first-order valence-corrected chi connectivity index (χ1v) is 14.1. The summed E-state index contributed by atoms with van der Waals surface area (Å²) in [5.74, 6) is 1.08. The molecule has 3 aromatic rings. The number of hydrogen-bond donors (Lipinski definition) is 2.